The Morgan fingerprint density at radius 2 is 2.09 bits per heavy atom. The number of halogens is 2. The van der Waals surface area contributed by atoms with Crippen molar-refractivity contribution in [2.75, 3.05) is 13.7 Å². The SMILES string of the molecule is COc1c(CNCC(C)(O)c2ccc(F)cc2F)c(C)nn1C. The molecular formula is C16H21F2N3O2. The average molecular weight is 325 g/mol. The molecule has 0 aliphatic rings. The second-order valence-corrected chi connectivity index (χ2v) is 5.70. The Balaban J connectivity index is 2.08. The lowest BCUT2D eigenvalue weighted by Crippen LogP contribution is -2.36. The molecule has 0 amide bonds. The number of nitrogens with one attached hydrogen (secondary N) is 1. The molecule has 2 aromatic rings. The van der Waals surface area contributed by atoms with Crippen molar-refractivity contribution in [1.29, 1.82) is 0 Å². The zero-order chi connectivity index (χ0) is 17.2. The number of nitrogens with zero attached hydrogens (tertiary/aromatic N) is 2. The van der Waals surface area contributed by atoms with E-state index in [4.69, 9.17) is 4.74 Å². The lowest BCUT2D eigenvalue weighted by atomic mass is 9.95. The van der Waals surface area contributed by atoms with Crippen LogP contribution in [0.1, 0.15) is 23.7 Å². The zero-order valence-electron chi connectivity index (χ0n) is 13.7. The summed E-state index contributed by atoms with van der Waals surface area (Å²) < 4.78 is 33.7. The summed E-state index contributed by atoms with van der Waals surface area (Å²) in [6.45, 7) is 3.83. The third-order valence-electron chi connectivity index (χ3n) is 3.76. The van der Waals surface area contributed by atoms with Crippen LogP contribution in [0, 0.1) is 18.6 Å². The lowest BCUT2D eigenvalue weighted by Gasteiger charge is -2.25. The second kappa shape index (κ2) is 6.64. The van der Waals surface area contributed by atoms with Gasteiger partial charge in [-0.2, -0.15) is 5.10 Å². The molecule has 0 bridgehead atoms. The summed E-state index contributed by atoms with van der Waals surface area (Å²) in [7, 11) is 3.34. The van der Waals surface area contributed by atoms with E-state index in [1.165, 1.54) is 13.0 Å². The van der Waals surface area contributed by atoms with E-state index >= 15 is 0 Å². The van der Waals surface area contributed by atoms with Crippen molar-refractivity contribution in [3.05, 3.63) is 46.7 Å². The predicted molar refractivity (Wildman–Crippen MR) is 82.1 cm³/mol. The van der Waals surface area contributed by atoms with Crippen LogP contribution in [0.3, 0.4) is 0 Å². The molecule has 5 nitrogen and oxygen atoms in total. The largest absolute Gasteiger partial charge is 0.481 e. The van der Waals surface area contributed by atoms with Crippen molar-refractivity contribution in [2.45, 2.75) is 26.0 Å². The van der Waals surface area contributed by atoms with E-state index < -0.39 is 17.2 Å². The van der Waals surface area contributed by atoms with E-state index in [0.29, 0.717) is 12.4 Å². The molecule has 0 fully saturated rings. The lowest BCUT2D eigenvalue weighted by molar-refractivity contribution is 0.0527. The molecule has 0 saturated heterocycles. The van der Waals surface area contributed by atoms with Crippen LogP contribution in [0.25, 0.3) is 0 Å². The Labute approximate surface area is 133 Å². The zero-order valence-corrected chi connectivity index (χ0v) is 13.7. The second-order valence-electron chi connectivity index (χ2n) is 5.70. The van der Waals surface area contributed by atoms with Crippen LogP contribution in [-0.4, -0.2) is 28.5 Å². The Morgan fingerprint density at radius 3 is 2.70 bits per heavy atom. The molecule has 126 valence electrons. The van der Waals surface area contributed by atoms with Gasteiger partial charge in [0.15, 0.2) is 0 Å². The van der Waals surface area contributed by atoms with Gasteiger partial charge in [-0.05, 0) is 19.9 Å². The maximum Gasteiger partial charge on any atom is 0.216 e. The molecule has 0 spiro atoms. The maximum atomic E-state index is 13.8. The average Bonchev–Trinajstić information content (AvgIpc) is 2.72. The highest BCUT2D eigenvalue weighted by Crippen LogP contribution is 2.25. The molecule has 0 aliphatic carbocycles. The quantitative estimate of drug-likeness (QED) is 0.853. The molecule has 1 atom stereocenters. The van der Waals surface area contributed by atoms with Crippen LogP contribution in [-0.2, 0) is 19.2 Å². The topological polar surface area (TPSA) is 59.3 Å². The molecule has 1 heterocycles. The highest BCUT2D eigenvalue weighted by atomic mass is 19.1. The third-order valence-corrected chi connectivity index (χ3v) is 3.76. The smallest absolute Gasteiger partial charge is 0.216 e. The molecule has 0 saturated carbocycles. The van der Waals surface area contributed by atoms with Crippen molar-refractivity contribution >= 4 is 0 Å². The summed E-state index contributed by atoms with van der Waals surface area (Å²) in [6, 6.07) is 3.14. The van der Waals surface area contributed by atoms with Gasteiger partial charge in [0, 0.05) is 31.8 Å². The summed E-state index contributed by atoms with van der Waals surface area (Å²) in [6.07, 6.45) is 0. The van der Waals surface area contributed by atoms with Gasteiger partial charge in [-0.3, -0.25) is 0 Å². The highest BCUT2D eigenvalue weighted by Gasteiger charge is 2.27. The minimum Gasteiger partial charge on any atom is -0.481 e. The first-order valence-corrected chi connectivity index (χ1v) is 7.21. The molecule has 23 heavy (non-hydrogen) atoms. The van der Waals surface area contributed by atoms with E-state index in [2.05, 4.69) is 10.4 Å². The van der Waals surface area contributed by atoms with Gasteiger partial charge in [-0.1, -0.05) is 6.07 Å². The first kappa shape index (κ1) is 17.4. The number of hydrogen-bond acceptors (Lipinski definition) is 4. The molecule has 2 rings (SSSR count). The van der Waals surface area contributed by atoms with E-state index in [1.54, 1.807) is 18.8 Å². The summed E-state index contributed by atoms with van der Waals surface area (Å²) in [5.41, 5.74) is 0.248. The van der Waals surface area contributed by atoms with Gasteiger partial charge in [-0.15, -0.1) is 0 Å². The van der Waals surface area contributed by atoms with Crippen LogP contribution in [0.4, 0.5) is 8.78 Å². The maximum absolute atomic E-state index is 13.8. The third kappa shape index (κ3) is 3.68. The molecule has 0 aliphatic heterocycles. The number of aryl methyl sites for hydroxylation is 2. The van der Waals surface area contributed by atoms with Crippen molar-refractivity contribution < 1.29 is 18.6 Å². The minimum absolute atomic E-state index is 0.0428. The van der Waals surface area contributed by atoms with Crippen molar-refractivity contribution in [2.24, 2.45) is 7.05 Å². The number of ether oxygens (including phenoxy) is 1. The predicted octanol–water partition coefficient (Wildman–Crippen LogP) is 2.01. The fourth-order valence-corrected chi connectivity index (χ4v) is 2.59. The summed E-state index contributed by atoms with van der Waals surface area (Å²) in [5.74, 6) is -0.819. The number of aromatic nitrogens is 2. The standard InChI is InChI=1S/C16H21F2N3O2/c1-10-12(15(23-4)21(3)20-10)8-19-9-16(2,22)13-6-5-11(17)7-14(13)18/h5-7,19,22H,8-9H2,1-4H3. The van der Waals surface area contributed by atoms with Gasteiger partial charge < -0.3 is 15.2 Å². The Bertz CT molecular complexity index is 699. The summed E-state index contributed by atoms with van der Waals surface area (Å²) >= 11 is 0. The Morgan fingerprint density at radius 1 is 1.39 bits per heavy atom. The number of hydrogen-bond donors (Lipinski definition) is 2. The number of rotatable bonds is 6. The molecule has 2 N–H and O–H groups in total. The fraction of sp³-hybridized carbons (Fsp3) is 0.438. The van der Waals surface area contributed by atoms with E-state index in [9.17, 15) is 13.9 Å². The van der Waals surface area contributed by atoms with Crippen LogP contribution in [0.5, 0.6) is 5.88 Å². The minimum atomic E-state index is -1.47. The van der Waals surface area contributed by atoms with E-state index in [-0.39, 0.29) is 12.1 Å². The molecule has 0 radical (unpaired) electrons. The van der Waals surface area contributed by atoms with Crippen molar-refractivity contribution in [3.8, 4) is 5.88 Å². The van der Waals surface area contributed by atoms with Gasteiger partial charge >= 0.3 is 0 Å². The fourth-order valence-electron chi connectivity index (χ4n) is 2.59. The highest BCUT2D eigenvalue weighted by molar-refractivity contribution is 5.31. The number of benzene rings is 1. The molecule has 7 heteroatoms. The van der Waals surface area contributed by atoms with Crippen molar-refractivity contribution in [1.82, 2.24) is 15.1 Å². The summed E-state index contributed by atoms with van der Waals surface area (Å²) in [4.78, 5) is 0. The van der Waals surface area contributed by atoms with Crippen LogP contribution in [0.15, 0.2) is 18.2 Å². The van der Waals surface area contributed by atoms with Gasteiger partial charge in [0.2, 0.25) is 5.88 Å². The number of aliphatic hydroxyl groups is 1. The van der Waals surface area contributed by atoms with Crippen LogP contribution >= 0.6 is 0 Å². The molecule has 1 aromatic heterocycles. The molecule has 1 unspecified atom stereocenters. The molecular weight excluding hydrogens is 304 g/mol. The Hall–Kier alpha value is -1.99. The monoisotopic (exact) mass is 325 g/mol. The van der Waals surface area contributed by atoms with Crippen LogP contribution in [0.2, 0.25) is 0 Å². The van der Waals surface area contributed by atoms with Gasteiger partial charge in [0.05, 0.1) is 18.4 Å². The molecule has 1 aromatic carbocycles. The first-order valence-electron chi connectivity index (χ1n) is 7.21. The Kier molecular flexibility index (Phi) is 5.01. The normalized spacial score (nSPS) is 13.9. The van der Waals surface area contributed by atoms with E-state index in [1.807, 2.05) is 6.92 Å². The summed E-state index contributed by atoms with van der Waals surface area (Å²) in [5, 5.41) is 17.8. The van der Waals surface area contributed by atoms with E-state index in [0.717, 1.165) is 23.4 Å². The first-order chi connectivity index (χ1) is 10.8. The van der Waals surface area contributed by atoms with Gasteiger partial charge in [0.25, 0.3) is 0 Å². The van der Waals surface area contributed by atoms with Gasteiger partial charge in [-0.25, -0.2) is 13.5 Å². The van der Waals surface area contributed by atoms with Crippen molar-refractivity contribution in [3.63, 3.8) is 0 Å². The van der Waals surface area contributed by atoms with Crippen LogP contribution < -0.4 is 10.1 Å². The number of methoxy groups -OCH3 is 1. The van der Waals surface area contributed by atoms with Gasteiger partial charge in [0.1, 0.15) is 17.2 Å².